The first-order chi connectivity index (χ1) is 12.3. The van der Waals surface area contributed by atoms with Gasteiger partial charge in [0, 0.05) is 5.56 Å². The zero-order valence-corrected chi connectivity index (χ0v) is 16.7. The highest BCUT2D eigenvalue weighted by molar-refractivity contribution is 9.11. The summed E-state index contributed by atoms with van der Waals surface area (Å²) in [6.07, 6.45) is 0. The third-order valence-corrected chi connectivity index (χ3v) is 6.58. The highest BCUT2D eigenvalue weighted by Crippen LogP contribution is 2.23. The minimum atomic E-state index is -3.68. The summed E-state index contributed by atoms with van der Waals surface area (Å²) in [6.45, 7) is 1.07. The van der Waals surface area contributed by atoms with Gasteiger partial charge in [0.1, 0.15) is 11.9 Å². The predicted molar refractivity (Wildman–Crippen MR) is 100 cm³/mol. The lowest BCUT2D eigenvalue weighted by molar-refractivity contribution is -0.143. The third kappa shape index (κ3) is 3.87. The zero-order chi connectivity index (χ0) is 18.9. The molecule has 3 rings (SSSR count). The fourth-order valence-corrected chi connectivity index (χ4v) is 4.82. The molecule has 0 saturated carbocycles. The average molecular weight is 457 g/mol. The molecule has 0 aliphatic carbocycles. The first kappa shape index (κ1) is 18.7. The molecule has 1 aromatic carbocycles. The second-order valence-corrected chi connectivity index (χ2v) is 9.50. The Balaban J connectivity index is 1.68. The van der Waals surface area contributed by atoms with Gasteiger partial charge in [0.25, 0.3) is 10.0 Å². The molecule has 7 nitrogen and oxygen atoms in total. The van der Waals surface area contributed by atoms with Crippen LogP contribution in [0.2, 0.25) is 0 Å². The van der Waals surface area contributed by atoms with Gasteiger partial charge in [-0.3, -0.25) is 14.5 Å². The summed E-state index contributed by atoms with van der Waals surface area (Å²) in [4.78, 5) is 28.7. The van der Waals surface area contributed by atoms with Crippen molar-refractivity contribution in [2.45, 2.75) is 17.9 Å². The average Bonchev–Trinajstić information content (AvgIpc) is 3.14. The van der Waals surface area contributed by atoms with E-state index in [-0.39, 0.29) is 16.5 Å². The van der Waals surface area contributed by atoms with E-state index in [4.69, 9.17) is 4.74 Å². The Morgan fingerprint density at radius 1 is 1.27 bits per heavy atom. The number of aliphatic imine (C=N–C) groups is 1. The standard InChI is InChI=1S/C16H13BrN2O5S2/c1-9(16(21)24-8-11(20)12-6-7-14(17)25-12)18-15-10-4-2-3-5-13(10)26(22,23)19-15/h2-7,9H,8H2,1H3,(H,18,19)/t9-/m1/s1. The number of amidine groups is 1. The van der Waals surface area contributed by atoms with E-state index in [0.717, 1.165) is 3.79 Å². The Kier molecular flexibility index (Phi) is 5.26. The van der Waals surface area contributed by atoms with E-state index in [1.54, 1.807) is 30.3 Å². The Morgan fingerprint density at radius 3 is 2.69 bits per heavy atom. The van der Waals surface area contributed by atoms with Crippen molar-refractivity contribution in [1.82, 2.24) is 4.72 Å². The van der Waals surface area contributed by atoms with E-state index >= 15 is 0 Å². The number of carbonyl (C=O) groups excluding carboxylic acids is 2. The van der Waals surface area contributed by atoms with E-state index in [2.05, 4.69) is 25.6 Å². The highest BCUT2D eigenvalue weighted by atomic mass is 79.9. The number of benzene rings is 1. The van der Waals surface area contributed by atoms with Crippen molar-refractivity contribution in [3.05, 3.63) is 50.6 Å². The number of thiophene rings is 1. The Labute approximate surface area is 162 Å². The number of hydrogen-bond donors (Lipinski definition) is 1. The number of ketones is 1. The first-order valence-electron chi connectivity index (χ1n) is 7.43. The molecule has 0 unspecified atom stereocenters. The molecule has 10 heteroatoms. The summed E-state index contributed by atoms with van der Waals surface area (Å²) in [5.41, 5.74) is 0.395. The van der Waals surface area contributed by atoms with Crippen LogP contribution >= 0.6 is 27.3 Å². The number of nitrogens with zero attached hydrogens (tertiary/aromatic N) is 1. The van der Waals surface area contributed by atoms with Crippen molar-refractivity contribution in [2.24, 2.45) is 4.99 Å². The normalized spacial score (nSPS) is 17.4. The lowest BCUT2D eigenvalue weighted by atomic mass is 10.2. The second kappa shape index (κ2) is 7.29. The maximum Gasteiger partial charge on any atom is 0.331 e. The van der Waals surface area contributed by atoms with Crippen LogP contribution in [0, 0.1) is 0 Å². The fourth-order valence-electron chi connectivity index (χ4n) is 2.27. The maximum atomic E-state index is 12.1. The molecule has 1 aromatic heterocycles. The van der Waals surface area contributed by atoms with Gasteiger partial charge < -0.3 is 4.74 Å². The van der Waals surface area contributed by atoms with Crippen molar-refractivity contribution >= 4 is 54.9 Å². The Morgan fingerprint density at radius 2 is 2.00 bits per heavy atom. The van der Waals surface area contributed by atoms with Gasteiger partial charge in [0.15, 0.2) is 6.61 Å². The molecule has 0 saturated heterocycles. The number of sulfonamides is 1. The Hall–Kier alpha value is -2.04. The number of hydrogen-bond acceptors (Lipinski definition) is 7. The smallest absolute Gasteiger partial charge is 0.331 e. The summed E-state index contributed by atoms with van der Waals surface area (Å²) in [7, 11) is -3.68. The molecule has 1 aliphatic heterocycles. The van der Waals surface area contributed by atoms with Crippen LogP contribution in [-0.2, 0) is 19.6 Å². The predicted octanol–water partition coefficient (Wildman–Crippen LogP) is 2.36. The van der Waals surface area contributed by atoms with Gasteiger partial charge >= 0.3 is 5.97 Å². The van der Waals surface area contributed by atoms with Crippen molar-refractivity contribution in [3.63, 3.8) is 0 Å². The van der Waals surface area contributed by atoms with Crippen LogP contribution in [0.4, 0.5) is 0 Å². The van der Waals surface area contributed by atoms with Crippen molar-refractivity contribution < 1.29 is 22.7 Å². The minimum Gasteiger partial charge on any atom is -0.456 e. The molecule has 1 atom stereocenters. The highest BCUT2D eigenvalue weighted by Gasteiger charge is 2.31. The molecule has 2 aromatic rings. The molecule has 1 aliphatic rings. The van der Waals surface area contributed by atoms with Gasteiger partial charge in [-0.1, -0.05) is 12.1 Å². The van der Waals surface area contributed by atoms with E-state index in [0.29, 0.717) is 10.4 Å². The summed E-state index contributed by atoms with van der Waals surface area (Å²) < 4.78 is 32.2. The number of halogens is 1. The minimum absolute atomic E-state index is 0.0820. The first-order valence-corrected chi connectivity index (χ1v) is 10.5. The van der Waals surface area contributed by atoms with Crippen LogP contribution in [0.25, 0.3) is 0 Å². The van der Waals surface area contributed by atoms with Crippen LogP contribution < -0.4 is 4.72 Å². The van der Waals surface area contributed by atoms with Crippen molar-refractivity contribution in [3.8, 4) is 0 Å². The topological polar surface area (TPSA) is 102 Å². The van der Waals surface area contributed by atoms with E-state index in [9.17, 15) is 18.0 Å². The molecular formula is C16H13BrN2O5S2. The van der Waals surface area contributed by atoms with Gasteiger partial charge in [-0.15, -0.1) is 11.3 Å². The largest absolute Gasteiger partial charge is 0.456 e. The van der Waals surface area contributed by atoms with Gasteiger partial charge in [-0.05, 0) is 47.1 Å². The lowest BCUT2D eigenvalue weighted by Crippen LogP contribution is -2.27. The molecule has 1 N–H and O–H groups in total. The van der Waals surface area contributed by atoms with Gasteiger partial charge in [-0.2, -0.15) is 0 Å². The lowest BCUT2D eigenvalue weighted by Gasteiger charge is -2.08. The van der Waals surface area contributed by atoms with E-state index in [1.165, 1.54) is 24.3 Å². The summed E-state index contributed by atoms with van der Waals surface area (Å²) in [6, 6.07) is 8.74. The number of nitrogens with one attached hydrogen (secondary N) is 1. The number of Topliss-reactive ketones (excluding diaryl/α,β-unsaturated/α-hetero) is 1. The van der Waals surface area contributed by atoms with Crippen molar-refractivity contribution in [1.29, 1.82) is 0 Å². The molecule has 0 bridgehead atoms. The van der Waals surface area contributed by atoms with Gasteiger partial charge in [0.2, 0.25) is 5.78 Å². The van der Waals surface area contributed by atoms with Crippen LogP contribution in [0.5, 0.6) is 0 Å². The molecule has 26 heavy (non-hydrogen) atoms. The van der Waals surface area contributed by atoms with Crippen molar-refractivity contribution in [2.75, 3.05) is 6.61 Å². The van der Waals surface area contributed by atoms with Gasteiger partial charge in [0.05, 0.1) is 13.6 Å². The molecular weight excluding hydrogens is 444 g/mol. The molecule has 2 heterocycles. The summed E-state index contributed by atoms with van der Waals surface area (Å²) in [5, 5.41) is 0. The SMILES string of the molecule is C[C@@H](N=C1NS(=O)(=O)c2ccccc21)C(=O)OCC(=O)c1ccc(Br)s1. The number of ether oxygens (including phenoxy) is 1. The van der Waals surface area contributed by atoms with Crippen LogP contribution in [0.3, 0.4) is 0 Å². The molecule has 136 valence electrons. The summed E-state index contributed by atoms with van der Waals surface area (Å²) >= 11 is 4.51. The fraction of sp³-hybridized carbons (Fsp3) is 0.188. The van der Waals surface area contributed by atoms with E-state index < -0.39 is 28.6 Å². The number of esters is 1. The molecule has 0 spiro atoms. The van der Waals surface area contributed by atoms with E-state index in [1.807, 2.05) is 0 Å². The van der Waals surface area contributed by atoms with Crippen LogP contribution in [0.1, 0.15) is 22.2 Å². The molecule has 0 radical (unpaired) electrons. The summed E-state index contributed by atoms with van der Waals surface area (Å²) in [5.74, 6) is -0.954. The van der Waals surface area contributed by atoms with Crippen LogP contribution in [-0.4, -0.2) is 38.7 Å². The Bertz CT molecular complexity index is 1010. The zero-order valence-electron chi connectivity index (χ0n) is 13.4. The number of rotatable bonds is 5. The van der Waals surface area contributed by atoms with Gasteiger partial charge in [-0.25, -0.2) is 13.2 Å². The van der Waals surface area contributed by atoms with Crippen LogP contribution in [0.15, 0.2) is 50.1 Å². The second-order valence-electron chi connectivity index (χ2n) is 5.39. The quantitative estimate of drug-likeness (QED) is 0.549. The third-order valence-electron chi connectivity index (χ3n) is 3.52. The maximum absolute atomic E-state index is 12.1. The molecule has 0 fully saturated rings. The number of carbonyl (C=O) groups is 2. The molecule has 0 amide bonds. The number of fused-ring (bicyclic) bond motifs is 1. The monoisotopic (exact) mass is 456 g/mol.